The standard InChI is InChI=1S/C49H70O10/c1-23(2)33-27-20-25(45(5)15-10-17-47(7,43(54)55)30(45)13-9-12-26-35(27)40(51)58-39(26)50)21-29(33)37-34(24(3)4)28-22-32-46(6)16-11-18-48(8,44(56)57)31(46)14-19-49(32,37)38-36(28)41(52)59-42(38)53/h23-38H,9-22H2,1-8H3,(H,54,55)(H,56,57). The fourth-order valence-corrected chi connectivity index (χ4v) is 19.3. The summed E-state index contributed by atoms with van der Waals surface area (Å²) in [5.41, 5.74) is -3.11. The van der Waals surface area contributed by atoms with Gasteiger partial charge >= 0.3 is 35.8 Å². The van der Waals surface area contributed by atoms with E-state index < -0.39 is 69.8 Å². The van der Waals surface area contributed by atoms with Crippen LogP contribution in [0.4, 0.5) is 0 Å². The van der Waals surface area contributed by atoms with E-state index >= 15 is 0 Å². The average Bonchev–Trinajstić information content (AvgIpc) is 3.63. The van der Waals surface area contributed by atoms with Crippen LogP contribution < -0.4 is 0 Å². The van der Waals surface area contributed by atoms with Gasteiger partial charge < -0.3 is 19.7 Å². The number of fused-ring (bicyclic) bond motifs is 8. The van der Waals surface area contributed by atoms with Crippen LogP contribution >= 0.6 is 0 Å². The van der Waals surface area contributed by atoms with Crippen molar-refractivity contribution in [3.05, 3.63) is 0 Å². The zero-order valence-electron chi connectivity index (χ0n) is 36.8. The third-order valence-corrected chi connectivity index (χ3v) is 21.1. The molecular formula is C49H70O10. The van der Waals surface area contributed by atoms with Crippen molar-refractivity contribution in [3.8, 4) is 0 Å². The predicted octanol–water partition coefficient (Wildman–Crippen LogP) is 8.83. The molecule has 0 aromatic rings. The molecule has 8 saturated carbocycles. The number of aliphatic carboxylic acids is 2. The summed E-state index contributed by atoms with van der Waals surface area (Å²) in [6, 6.07) is 0. The van der Waals surface area contributed by atoms with Crippen molar-refractivity contribution in [3.63, 3.8) is 0 Å². The van der Waals surface area contributed by atoms with Crippen LogP contribution in [0.25, 0.3) is 0 Å². The van der Waals surface area contributed by atoms with Gasteiger partial charge in [0.1, 0.15) is 0 Å². The number of hydrogen-bond acceptors (Lipinski definition) is 8. The first kappa shape index (κ1) is 41.6. The Morgan fingerprint density at radius 1 is 0.576 bits per heavy atom. The molecule has 2 aliphatic heterocycles. The second-order valence-electron chi connectivity index (χ2n) is 23.6. The van der Waals surface area contributed by atoms with Crippen LogP contribution in [-0.4, -0.2) is 46.0 Å². The molecule has 10 rings (SSSR count). The van der Waals surface area contributed by atoms with Crippen LogP contribution in [0.1, 0.15) is 145 Å². The Bertz CT molecular complexity index is 1840. The van der Waals surface area contributed by atoms with Crippen molar-refractivity contribution in [1.29, 1.82) is 0 Å². The molecule has 0 amide bonds. The predicted molar refractivity (Wildman–Crippen MR) is 216 cm³/mol. The average molecular weight is 819 g/mol. The Labute approximate surface area is 350 Å². The van der Waals surface area contributed by atoms with Gasteiger partial charge in [-0.1, -0.05) is 60.8 Å². The van der Waals surface area contributed by atoms with Gasteiger partial charge in [-0.2, -0.15) is 0 Å². The number of cyclic esters (lactones) is 4. The molecule has 2 saturated heterocycles. The van der Waals surface area contributed by atoms with Crippen molar-refractivity contribution >= 4 is 35.8 Å². The van der Waals surface area contributed by atoms with Gasteiger partial charge in [-0.15, -0.1) is 0 Å². The molecule has 2 heterocycles. The number of carboxylic acids is 2. The van der Waals surface area contributed by atoms with Gasteiger partial charge in [0.25, 0.3) is 0 Å². The Balaban J connectivity index is 1.27. The van der Waals surface area contributed by atoms with E-state index in [1.807, 2.05) is 13.8 Å². The lowest BCUT2D eigenvalue weighted by molar-refractivity contribution is -0.281. The molecule has 0 radical (unpaired) electrons. The number of carbonyl (C=O) groups is 6. The number of esters is 4. The summed E-state index contributed by atoms with van der Waals surface area (Å²) >= 11 is 0. The summed E-state index contributed by atoms with van der Waals surface area (Å²) in [4.78, 5) is 83.1. The van der Waals surface area contributed by atoms with Crippen LogP contribution in [0, 0.1) is 122 Å². The minimum atomic E-state index is -0.919. The maximum Gasteiger partial charge on any atom is 0.318 e. The molecule has 0 aromatic carbocycles. The van der Waals surface area contributed by atoms with E-state index in [-0.39, 0.29) is 87.8 Å². The first-order chi connectivity index (χ1) is 27.7. The number of rotatable bonds is 5. The minimum absolute atomic E-state index is 0.00884. The van der Waals surface area contributed by atoms with E-state index in [0.29, 0.717) is 44.9 Å². The van der Waals surface area contributed by atoms with E-state index in [0.717, 1.165) is 44.9 Å². The van der Waals surface area contributed by atoms with Gasteiger partial charge in [0.2, 0.25) is 0 Å². The van der Waals surface area contributed by atoms with Gasteiger partial charge in [-0.25, -0.2) is 0 Å². The van der Waals surface area contributed by atoms with E-state index in [2.05, 4.69) is 41.5 Å². The smallest absolute Gasteiger partial charge is 0.318 e. The van der Waals surface area contributed by atoms with E-state index in [9.17, 15) is 39.0 Å². The SMILES string of the molecule is CC(C)C1C2CC(CC1C1C(C(C)C)C3CC4C5(C)CCCC(C)(C(=O)O)C5CCC14C1C(=O)OC(=O)C31)C1(C)CCCC(C)(C(=O)O)C1CCCC1C(=O)OC(=O)C12. The van der Waals surface area contributed by atoms with E-state index in [1.165, 1.54) is 0 Å². The Morgan fingerprint density at radius 3 is 1.73 bits per heavy atom. The lowest BCUT2D eigenvalue weighted by atomic mass is 9.28. The molecule has 4 bridgehead atoms. The summed E-state index contributed by atoms with van der Waals surface area (Å²) in [5.74, 6) is -5.32. The first-order valence-electron chi connectivity index (χ1n) is 23.7. The molecule has 19 unspecified atom stereocenters. The topological polar surface area (TPSA) is 161 Å². The summed E-state index contributed by atoms with van der Waals surface area (Å²) in [7, 11) is 0. The van der Waals surface area contributed by atoms with Crippen molar-refractivity contribution in [1.82, 2.24) is 0 Å². The summed E-state index contributed by atoms with van der Waals surface area (Å²) in [5, 5.41) is 21.8. The molecule has 10 heteroatoms. The summed E-state index contributed by atoms with van der Waals surface area (Å²) < 4.78 is 11.3. The van der Waals surface area contributed by atoms with Crippen molar-refractivity contribution in [2.75, 3.05) is 0 Å². The molecule has 326 valence electrons. The van der Waals surface area contributed by atoms with Crippen LogP contribution in [-0.2, 0) is 38.2 Å². The minimum Gasteiger partial charge on any atom is -0.481 e. The molecule has 10 aliphatic rings. The summed E-state index contributed by atoms with van der Waals surface area (Å²) in [6.07, 6.45) is 10.2. The second-order valence-corrected chi connectivity index (χ2v) is 23.6. The van der Waals surface area contributed by atoms with Gasteiger partial charge in [-0.05, 0) is 172 Å². The van der Waals surface area contributed by atoms with Gasteiger partial charge in [-0.3, -0.25) is 28.8 Å². The third-order valence-electron chi connectivity index (χ3n) is 21.1. The molecule has 10 nitrogen and oxygen atoms in total. The molecule has 59 heavy (non-hydrogen) atoms. The largest absolute Gasteiger partial charge is 0.481 e. The number of carbonyl (C=O) groups excluding carboxylic acids is 4. The number of ether oxygens (including phenoxy) is 2. The molecule has 1 spiro atoms. The fourth-order valence-electron chi connectivity index (χ4n) is 19.3. The van der Waals surface area contributed by atoms with Gasteiger partial charge in [0.05, 0.1) is 34.5 Å². The van der Waals surface area contributed by atoms with Crippen molar-refractivity contribution in [2.45, 2.75) is 145 Å². The lowest BCUT2D eigenvalue weighted by Gasteiger charge is -2.75. The normalized spacial score (nSPS) is 52.8. The zero-order valence-corrected chi connectivity index (χ0v) is 36.8. The van der Waals surface area contributed by atoms with Crippen LogP contribution in [0.2, 0.25) is 0 Å². The van der Waals surface area contributed by atoms with Crippen LogP contribution in [0.15, 0.2) is 0 Å². The number of carboxylic acid groups (broad SMARTS) is 2. The highest BCUT2D eigenvalue weighted by atomic mass is 16.6. The molecular weight excluding hydrogens is 749 g/mol. The quantitative estimate of drug-likeness (QED) is 0.203. The number of hydrogen-bond donors (Lipinski definition) is 2. The third kappa shape index (κ3) is 5.34. The highest BCUT2D eigenvalue weighted by Gasteiger charge is 2.79. The van der Waals surface area contributed by atoms with E-state index in [4.69, 9.17) is 9.47 Å². The van der Waals surface area contributed by atoms with Crippen molar-refractivity contribution < 1.29 is 48.5 Å². The zero-order chi connectivity index (χ0) is 42.5. The molecule has 8 aliphatic carbocycles. The van der Waals surface area contributed by atoms with Gasteiger partial charge in [0, 0.05) is 0 Å². The van der Waals surface area contributed by atoms with Crippen LogP contribution in [0.5, 0.6) is 0 Å². The molecule has 0 aromatic heterocycles. The Kier molecular flexibility index (Phi) is 9.59. The lowest BCUT2D eigenvalue weighted by Crippen LogP contribution is -2.72. The fraction of sp³-hybridized carbons (Fsp3) is 0.878. The first-order valence-corrected chi connectivity index (χ1v) is 23.7. The Hall–Kier alpha value is -2.78. The van der Waals surface area contributed by atoms with Crippen molar-refractivity contribution in [2.24, 2.45) is 122 Å². The highest BCUT2D eigenvalue weighted by molar-refractivity contribution is 5.98. The molecule has 10 fully saturated rings. The Morgan fingerprint density at radius 2 is 1.12 bits per heavy atom. The monoisotopic (exact) mass is 818 g/mol. The summed E-state index contributed by atoms with van der Waals surface area (Å²) in [6.45, 7) is 17.6. The van der Waals surface area contributed by atoms with E-state index in [1.54, 1.807) is 0 Å². The maximum atomic E-state index is 14.6. The molecule has 2 N–H and O–H groups in total. The van der Waals surface area contributed by atoms with Gasteiger partial charge in [0.15, 0.2) is 0 Å². The second kappa shape index (κ2) is 13.6. The van der Waals surface area contributed by atoms with Crippen LogP contribution in [0.3, 0.4) is 0 Å². The molecule has 19 atom stereocenters. The maximum absolute atomic E-state index is 14.6. The highest BCUT2D eigenvalue weighted by Crippen LogP contribution is 2.80.